The predicted octanol–water partition coefficient (Wildman–Crippen LogP) is 2.93. The standard InChI is InChI=1S/C17H19F3N4O3/c1-25-9-10-26-15-12(3-2-8-22-15)11-23-16(21)24-13-4-6-14(7-5-13)27-17(18,19)20/h2-8H,9-11H2,1H3,(H3,21,23,24). The molecule has 0 atom stereocenters. The lowest BCUT2D eigenvalue weighted by Crippen LogP contribution is -2.22. The molecule has 0 fully saturated rings. The fourth-order valence-corrected chi connectivity index (χ4v) is 1.99. The molecule has 2 aromatic rings. The van der Waals surface area contributed by atoms with Crippen LogP contribution in [0.1, 0.15) is 5.56 Å². The van der Waals surface area contributed by atoms with Crippen LogP contribution in [0.3, 0.4) is 0 Å². The van der Waals surface area contributed by atoms with E-state index in [4.69, 9.17) is 15.2 Å². The van der Waals surface area contributed by atoms with Crippen molar-refractivity contribution in [2.24, 2.45) is 10.7 Å². The lowest BCUT2D eigenvalue weighted by atomic mass is 10.3. The van der Waals surface area contributed by atoms with E-state index in [1.165, 1.54) is 24.3 Å². The zero-order valence-electron chi connectivity index (χ0n) is 14.5. The fraction of sp³-hybridized carbons (Fsp3) is 0.294. The van der Waals surface area contributed by atoms with E-state index in [1.807, 2.05) is 0 Å². The summed E-state index contributed by atoms with van der Waals surface area (Å²) in [7, 11) is 1.57. The molecule has 0 amide bonds. The van der Waals surface area contributed by atoms with Gasteiger partial charge in [-0.1, -0.05) is 6.07 Å². The van der Waals surface area contributed by atoms with Gasteiger partial charge < -0.3 is 25.3 Å². The summed E-state index contributed by atoms with van der Waals surface area (Å²) < 4.78 is 50.7. The van der Waals surface area contributed by atoms with Gasteiger partial charge in [0.1, 0.15) is 12.4 Å². The molecular formula is C17H19F3N4O3. The maximum Gasteiger partial charge on any atom is 0.573 e. The van der Waals surface area contributed by atoms with Gasteiger partial charge in [0.05, 0.1) is 13.2 Å². The monoisotopic (exact) mass is 384 g/mol. The van der Waals surface area contributed by atoms with E-state index in [0.717, 1.165) is 5.56 Å². The van der Waals surface area contributed by atoms with Crippen LogP contribution in [0.15, 0.2) is 47.6 Å². The lowest BCUT2D eigenvalue weighted by Gasteiger charge is -2.11. The molecule has 0 spiro atoms. The molecule has 7 nitrogen and oxygen atoms in total. The minimum Gasteiger partial charge on any atom is -0.475 e. The summed E-state index contributed by atoms with van der Waals surface area (Å²) in [5, 5.41) is 2.78. The van der Waals surface area contributed by atoms with E-state index in [1.54, 1.807) is 25.4 Å². The van der Waals surface area contributed by atoms with Crippen molar-refractivity contribution in [2.75, 3.05) is 25.6 Å². The number of pyridine rings is 1. The Balaban J connectivity index is 1.94. The third-order valence-corrected chi connectivity index (χ3v) is 3.16. The van der Waals surface area contributed by atoms with Crippen LogP contribution in [0.2, 0.25) is 0 Å². The van der Waals surface area contributed by atoms with Crippen LogP contribution in [0.4, 0.5) is 18.9 Å². The molecule has 0 aliphatic rings. The number of rotatable bonds is 8. The molecule has 0 bridgehead atoms. The first-order chi connectivity index (χ1) is 12.9. The van der Waals surface area contributed by atoms with Crippen molar-refractivity contribution in [1.82, 2.24) is 4.98 Å². The molecule has 0 unspecified atom stereocenters. The molecule has 27 heavy (non-hydrogen) atoms. The molecular weight excluding hydrogens is 365 g/mol. The summed E-state index contributed by atoms with van der Waals surface area (Å²) in [5.74, 6) is 0.197. The highest BCUT2D eigenvalue weighted by Crippen LogP contribution is 2.24. The molecule has 1 aromatic heterocycles. The smallest absolute Gasteiger partial charge is 0.475 e. The summed E-state index contributed by atoms with van der Waals surface area (Å²) >= 11 is 0. The van der Waals surface area contributed by atoms with Crippen LogP contribution in [-0.4, -0.2) is 37.6 Å². The van der Waals surface area contributed by atoms with Crippen molar-refractivity contribution in [3.8, 4) is 11.6 Å². The number of aromatic nitrogens is 1. The number of nitrogens with zero attached hydrogens (tertiary/aromatic N) is 2. The number of guanidine groups is 1. The first kappa shape index (κ1) is 20.3. The van der Waals surface area contributed by atoms with Gasteiger partial charge in [-0.05, 0) is 30.3 Å². The van der Waals surface area contributed by atoms with Crippen LogP contribution in [0.25, 0.3) is 0 Å². The van der Waals surface area contributed by atoms with Crippen LogP contribution in [0, 0.1) is 0 Å². The molecule has 0 saturated heterocycles. The number of alkyl halides is 3. The Hall–Kier alpha value is -3.01. The van der Waals surface area contributed by atoms with Crippen LogP contribution in [0.5, 0.6) is 11.6 Å². The Morgan fingerprint density at radius 1 is 1.19 bits per heavy atom. The summed E-state index contributed by atoms with van der Waals surface area (Å²) in [4.78, 5) is 8.32. The Bertz CT molecular complexity index is 752. The summed E-state index contributed by atoms with van der Waals surface area (Å²) in [6, 6.07) is 8.68. The SMILES string of the molecule is COCCOc1ncccc1CN=C(N)Nc1ccc(OC(F)(F)F)cc1. The number of hydrogen-bond acceptors (Lipinski definition) is 5. The third kappa shape index (κ3) is 7.40. The van der Waals surface area contributed by atoms with E-state index in [2.05, 4.69) is 20.0 Å². The van der Waals surface area contributed by atoms with Crippen molar-refractivity contribution in [1.29, 1.82) is 0 Å². The quantitative estimate of drug-likeness (QED) is 0.413. The predicted molar refractivity (Wildman–Crippen MR) is 93.7 cm³/mol. The zero-order chi connectivity index (χ0) is 19.7. The van der Waals surface area contributed by atoms with Crippen molar-refractivity contribution >= 4 is 11.6 Å². The van der Waals surface area contributed by atoms with E-state index in [9.17, 15) is 13.2 Å². The van der Waals surface area contributed by atoms with Crippen molar-refractivity contribution in [3.05, 3.63) is 48.2 Å². The van der Waals surface area contributed by atoms with Gasteiger partial charge in [0, 0.05) is 24.6 Å². The maximum absolute atomic E-state index is 12.1. The van der Waals surface area contributed by atoms with E-state index >= 15 is 0 Å². The normalized spacial score (nSPS) is 11.9. The van der Waals surface area contributed by atoms with Crippen molar-refractivity contribution < 1.29 is 27.4 Å². The number of anilines is 1. The number of ether oxygens (including phenoxy) is 3. The van der Waals surface area contributed by atoms with Gasteiger partial charge in [-0.3, -0.25) is 0 Å². The van der Waals surface area contributed by atoms with Gasteiger partial charge in [0.15, 0.2) is 5.96 Å². The van der Waals surface area contributed by atoms with Crippen molar-refractivity contribution in [2.45, 2.75) is 12.9 Å². The Kier molecular flexibility index (Phi) is 7.24. The van der Waals surface area contributed by atoms with Gasteiger partial charge >= 0.3 is 6.36 Å². The van der Waals surface area contributed by atoms with E-state index in [0.29, 0.717) is 24.8 Å². The number of nitrogens with two attached hydrogens (primary N) is 1. The molecule has 0 saturated carbocycles. The highest BCUT2D eigenvalue weighted by molar-refractivity contribution is 5.92. The molecule has 10 heteroatoms. The molecule has 0 aliphatic heterocycles. The minimum absolute atomic E-state index is 0.0891. The fourth-order valence-electron chi connectivity index (χ4n) is 1.99. The zero-order valence-corrected chi connectivity index (χ0v) is 14.5. The second-order valence-electron chi connectivity index (χ2n) is 5.21. The van der Waals surface area contributed by atoms with Gasteiger partial charge in [0.25, 0.3) is 0 Å². The third-order valence-electron chi connectivity index (χ3n) is 3.16. The number of hydrogen-bond donors (Lipinski definition) is 2. The molecule has 146 valence electrons. The first-order valence-electron chi connectivity index (χ1n) is 7.86. The summed E-state index contributed by atoms with van der Waals surface area (Å²) in [5.41, 5.74) is 7.01. The molecule has 1 aromatic carbocycles. The highest BCUT2D eigenvalue weighted by atomic mass is 19.4. The number of benzene rings is 1. The van der Waals surface area contributed by atoms with Crippen LogP contribution >= 0.6 is 0 Å². The largest absolute Gasteiger partial charge is 0.573 e. The minimum atomic E-state index is -4.73. The summed E-state index contributed by atoms with van der Waals surface area (Å²) in [6.45, 7) is 0.992. The Morgan fingerprint density at radius 3 is 2.59 bits per heavy atom. The number of nitrogens with one attached hydrogen (secondary N) is 1. The molecule has 0 radical (unpaired) electrons. The van der Waals surface area contributed by atoms with Gasteiger partial charge in [-0.15, -0.1) is 13.2 Å². The van der Waals surface area contributed by atoms with Crippen LogP contribution in [-0.2, 0) is 11.3 Å². The Morgan fingerprint density at radius 2 is 1.93 bits per heavy atom. The second kappa shape index (κ2) is 9.62. The topological polar surface area (TPSA) is 91.0 Å². The second-order valence-corrected chi connectivity index (χ2v) is 5.21. The maximum atomic E-state index is 12.1. The van der Waals surface area contributed by atoms with Crippen LogP contribution < -0.4 is 20.5 Å². The average molecular weight is 384 g/mol. The Labute approximate surface area is 154 Å². The number of methoxy groups -OCH3 is 1. The van der Waals surface area contributed by atoms with Gasteiger partial charge in [0.2, 0.25) is 5.88 Å². The van der Waals surface area contributed by atoms with Gasteiger partial charge in [-0.2, -0.15) is 0 Å². The average Bonchev–Trinajstić information content (AvgIpc) is 2.61. The van der Waals surface area contributed by atoms with Crippen molar-refractivity contribution in [3.63, 3.8) is 0 Å². The summed E-state index contributed by atoms with van der Waals surface area (Å²) in [6.07, 6.45) is -3.14. The van der Waals surface area contributed by atoms with Gasteiger partial charge in [-0.25, -0.2) is 9.98 Å². The highest BCUT2D eigenvalue weighted by Gasteiger charge is 2.30. The number of aliphatic imine (C=N–C) groups is 1. The molecule has 3 N–H and O–H groups in total. The van der Waals surface area contributed by atoms with E-state index in [-0.39, 0.29) is 18.3 Å². The molecule has 1 heterocycles. The molecule has 0 aliphatic carbocycles. The lowest BCUT2D eigenvalue weighted by molar-refractivity contribution is -0.274. The molecule has 2 rings (SSSR count). The first-order valence-corrected chi connectivity index (χ1v) is 7.86. The van der Waals surface area contributed by atoms with E-state index < -0.39 is 6.36 Å². The number of halogens is 3.